The third-order valence-corrected chi connectivity index (χ3v) is 4.78. The summed E-state index contributed by atoms with van der Waals surface area (Å²) >= 11 is 0. The third kappa shape index (κ3) is 5.60. The van der Waals surface area contributed by atoms with E-state index in [1.807, 2.05) is 6.92 Å². The molecule has 1 fully saturated rings. The largest absolute Gasteiger partial charge is 0.416 e. The van der Waals surface area contributed by atoms with Crippen molar-refractivity contribution in [3.05, 3.63) is 35.4 Å². The van der Waals surface area contributed by atoms with Crippen LogP contribution >= 0.6 is 0 Å². The lowest BCUT2D eigenvalue weighted by molar-refractivity contribution is -0.137. The molecule has 0 aliphatic carbocycles. The zero-order valence-corrected chi connectivity index (χ0v) is 15.8. The third-order valence-electron chi connectivity index (χ3n) is 4.78. The van der Waals surface area contributed by atoms with Crippen molar-refractivity contribution in [2.75, 3.05) is 47.3 Å². The summed E-state index contributed by atoms with van der Waals surface area (Å²) in [7, 11) is 5.86. The van der Waals surface area contributed by atoms with E-state index < -0.39 is 11.7 Å². The van der Waals surface area contributed by atoms with Gasteiger partial charge in [0.05, 0.1) is 11.6 Å². The Morgan fingerprint density at radius 1 is 1.31 bits per heavy atom. The molecule has 2 N–H and O–H groups in total. The lowest BCUT2D eigenvalue weighted by Gasteiger charge is -2.38. The summed E-state index contributed by atoms with van der Waals surface area (Å²) < 4.78 is 38.7. The number of likely N-dealkylation sites (N-methyl/N-ethyl adjacent to an activating group) is 2. The highest BCUT2D eigenvalue weighted by atomic mass is 19.4. The number of guanidine groups is 1. The quantitative estimate of drug-likeness (QED) is 0.629. The number of halogens is 3. The van der Waals surface area contributed by atoms with E-state index in [0.29, 0.717) is 17.6 Å². The Morgan fingerprint density at radius 3 is 2.69 bits per heavy atom. The Bertz CT molecular complexity index is 617. The first kappa shape index (κ1) is 20.5. The number of nitrogens with one attached hydrogen (secondary N) is 2. The fraction of sp³-hybridized carbons (Fsp3) is 0.611. The standard InChI is InChI=1S/C18H28F3N5/c1-13(14-6-5-7-15(10-14)18(19,20)21)24-17(22-2)23-11-16-12-25(3)8-9-26(16)4/h5-7,10,13,16H,8-9,11-12H2,1-4H3,(H2,22,23,24). The van der Waals surface area contributed by atoms with E-state index >= 15 is 0 Å². The van der Waals surface area contributed by atoms with Crippen molar-refractivity contribution in [3.63, 3.8) is 0 Å². The molecule has 1 aromatic rings. The topological polar surface area (TPSA) is 42.9 Å². The second-order valence-electron chi connectivity index (χ2n) is 6.84. The maximum atomic E-state index is 12.9. The summed E-state index contributed by atoms with van der Waals surface area (Å²) in [6.45, 7) is 5.56. The summed E-state index contributed by atoms with van der Waals surface area (Å²) in [6, 6.07) is 5.43. The van der Waals surface area contributed by atoms with Crippen molar-refractivity contribution in [2.45, 2.75) is 25.2 Å². The molecule has 1 saturated heterocycles. The van der Waals surface area contributed by atoms with Crippen LogP contribution in [0.25, 0.3) is 0 Å². The average Bonchev–Trinajstić information content (AvgIpc) is 2.60. The minimum atomic E-state index is -4.34. The van der Waals surface area contributed by atoms with Crippen LogP contribution in [-0.4, -0.2) is 69.1 Å². The summed E-state index contributed by atoms with van der Waals surface area (Å²) in [5.74, 6) is 0.580. The number of piperazine rings is 1. The van der Waals surface area contributed by atoms with E-state index in [4.69, 9.17) is 0 Å². The minimum absolute atomic E-state index is 0.296. The lowest BCUT2D eigenvalue weighted by atomic mass is 10.1. The van der Waals surface area contributed by atoms with Gasteiger partial charge in [-0.05, 0) is 38.7 Å². The number of hydrogen-bond acceptors (Lipinski definition) is 3. The van der Waals surface area contributed by atoms with Gasteiger partial charge < -0.3 is 15.5 Å². The molecule has 5 nitrogen and oxygen atoms in total. The van der Waals surface area contributed by atoms with Crippen molar-refractivity contribution in [1.29, 1.82) is 0 Å². The van der Waals surface area contributed by atoms with E-state index in [1.165, 1.54) is 12.1 Å². The van der Waals surface area contributed by atoms with Crippen LogP contribution in [0.5, 0.6) is 0 Å². The van der Waals surface area contributed by atoms with Crippen LogP contribution in [-0.2, 0) is 6.18 Å². The van der Waals surface area contributed by atoms with Gasteiger partial charge in [-0.15, -0.1) is 0 Å². The zero-order chi connectivity index (χ0) is 19.3. The molecule has 0 bridgehead atoms. The van der Waals surface area contributed by atoms with Crippen LogP contribution in [0.1, 0.15) is 24.1 Å². The maximum Gasteiger partial charge on any atom is 0.416 e. The summed E-state index contributed by atoms with van der Waals surface area (Å²) in [5, 5.41) is 6.45. The molecule has 8 heteroatoms. The van der Waals surface area contributed by atoms with Crippen molar-refractivity contribution in [3.8, 4) is 0 Å². The predicted molar refractivity (Wildman–Crippen MR) is 98.3 cm³/mol. The van der Waals surface area contributed by atoms with E-state index in [9.17, 15) is 13.2 Å². The Hall–Kier alpha value is -1.80. The fourth-order valence-electron chi connectivity index (χ4n) is 3.00. The number of benzene rings is 1. The van der Waals surface area contributed by atoms with Crippen molar-refractivity contribution in [2.24, 2.45) is 4.99 Å². The number of alkyl halides is 3. The molecule has 1 aliphatic heterocycles. The highest BCUT2D eigenvalue weighted by Crippen LogP contribution is 2.30. The molecule has 1 aromatic carbocycles. The van der Waals surface area contributed by atoms with Gasteiger partial charge in [-0.25, -0.2) is 0 Å². The number of nitrogens with zero attached hydrogens (tertiary/aromatic N) is 3. The summed E-state index contributed by atoms with van der Waals surface area (Å²) in [5.41, 5.74) is -0.0734. The zero-order valence-electron chi connectivity index (χ0n) is 15.8. The first-order chi connectivity index (χ1) is 12.2. The molecule has 1 heterocycles. The van der Waals surface area contributed by atoms with Crippen LogP contribution in [0, 0.1) is 0 Å². The van der Waals surface area contributed by atoms with Gasteiger partial charge in [0.15, 0.2) is 5.96 Å². The number of hydrogen-bond donors (Lipinski definition) is 2. The van der Waals surface area contributed by atoms with Gasteiger partial charge in [-0.3, -0.25) is 9.89 Å². The normalized spacial score (nSPS) is 21.5. The summed E-state index contributed by atoms with van der Waals surface area (Å²) in [6.07, 6.45) is -4.34. The van der Waals surface area contributed by atoms with Crippen LogP contribution in [0.2, 0.25) is 0 Å². The molecule has 0 radical (unpaired) electrons. The Morgan fingerprint density at radius 2 is 2.04 bits per heavy atom. The summed E-state index contributed by atoms with van der Waals surface area (Å²) in [4.78, 5) is 8.78. The molecule has 0 spiro atoms. The second kappa shape index (κ2) is 8.73. The molecule has 146 valence electrons. The van der Waals surface area contributed by atoms with Gasteiger partial charge in [0.2, 0.25) is 0 Å². The molecule has 0 aromatic heterocycles. The van der Waals surface area contributed by atoms with E-state index in [-0.39, 0.29) is 6.04 Å². The Labute approximate surface area is 153 Å². The maximum absolute atomic E-state index is 12.9. The first-order valence-corrected chi connectivity index (χ1v) is 8.74. The molecular weight excluding hydrogens is 343 g/mol. The first-order valence-electron chi connectivity index (χ1n) is 8.74. The second-order valence-corrected chi connectivity index (χ2v) is 6.84. The Kier molecular flexibility index (Phi) is 6.88. The molecule has 2 rings (SSSR count). The molecular formula is C18H28F3N5. The van der Waals surface area contributed by atoms with E-state index in [2.05, 4.69) is 39.5 Å². The number of rotatable bonds is 4. The molecule has 2 atom stereocenters. The highest BCUT2D eigenvalue weighted by molar-refractivity contribution is 5.80. The molecule has 2 unspecified atom stereocenters. The van der Waals surface area contributed by atoms with Crippen LogP contribution in [0.3, 0.4) is 0 Å². The fourth-order valence-corrected chi connectivity index (χ4v) is 3.00. The SMILES string of the molecule is CN=C(NCC1CN(C)CCN1C)NC(C)c1cccc(C(F)(F)F)c1. The molecule has 0 saturated carbocycles. The van der Waals surface area contributed by atoms with Gasteiger partial charge in [-0.1, -0.05) is 12.1 Å². The van der Waals surface area contributed by atoms with Gasteiger partial charge >= 0.3 is 6.18 Å². The Balaban J connectivity index is 1.95. The smallest absolute Gasteiger partial charge is 0.355 e. The minimum Gasteiger partial charge on any atom is -0.355 e. The predicted octanol–water partition coefficient (Wildman–Crippen LogP) is 2.18. The van der Waals surface area contributed by atoms with Crippen LogP contribution in [0.4, 0.5) is 13.2 Å². The van der Waals surface area contributed by atoms with Crippen molar-refractivity contribution < 1.29 is 13.2 Å². The van der Waals surface area contributed by atoms with Crippen LogP contribution < -0.4 is 10.6 Å². The van der Waals surface area contributed by atoms with E-state index in [1.54, 1.807) is 13.1 Å². The van der Waals surface area contributed by atoms with Gasteiger partial charge in [0, 0.05) is 39.3 Å². The van der Waals surface area contributed by atoms with Gasteiger partial charge in [0.25, 0.3) is 0 Å². The molecule has 26 heavy (non-hydrogen) atoms. The van der Waals surface area contributed by atoms with Crippen LogP contribution in [0.15, 0.2) is 29.3 Å². The monoisotopic (exact) mass is 371 g/mol. The van der Waals surface area contributed by atoms with Gasteiger partial charge in [-0.2, -0.15) is 13.2 Å². The number of aliphatic imine (C=N–C) groups is 1. The average molecular weight is 371 g/mol. The van der Waals surface area contributed by atoms with Gasteiger partial charge in [0.1, 0.15) is 0 Å². The van der Waals surface area contributed by atoms with Crippen molar-refractivity contribution >= 4 is 5.96 Å². The lowest BCUT2D eigenvalue weighted by Crippen LogP contribution is -2.55. The molecule has 1 aliphatic rings. The van der Waals surface area contributed by atoms with Crippen molar-refractivity contribution in [1.82, 2.24) is 20.4 Å². The van der Waals surface area contributed by atoms with E-state index in [0.717, 1.165) is 32.2 Å². The highest BCUT2D eigenvalue weighted by Gasteiger charge is 2.30. The molecule has 0 amide bonds.